The highest BCUT2D eigenvalue weighted by molar-refractivity contribution is 5.64. The molecular weight excluding hydrogens is 416 g/mol. The lowest BCUT2D eigenvalue weighted by molar-refractivity contribution is -0.0494. The van der Waals surface area contributed by atoms with Gasteiger partial charge in [0.2, 0.25) is 0 Å². The quantitative estimate of drug-likeness (QED) is 0.731. The van der Waals surface area contributed by atoms with Crippen LogP contribution in [0.4, 0.5) is 14.6 Å². The summed E-state index contributed by atoms with van der Waals surface area (Å²) in [6, 6.07) is 4.78. The number of ether oxygens (including phenoxy) is 2. The molecule has 0 spiro atoms. The van der Waals surface area contributed by atoms with Gasteiger partial charge in [-0.05, 0) is 56.1 Å². The standard InChI is InChI=1S/C23H29F2N5O2/c24-23(25)32-20-8-13(12-27-22(20)26)18-11-19(30(28-18)14-2-1-3-14)21-16-9-15(10-17(16)21)29-4-6-31-7-5-29/h8,11-12,14-17,21,23H,1-7,9-10H2,(H2,26,27)/t15-,16-,17+,21+. The number of pyridine rings is 1. The number of halogens is 2. The van der Waals surface area contributed by atoms with Crippen molar-refractivity contribution in [1.82, 2.24) is 19.7 Å². The summed E-state index contributed by atoms with van der Waals surface area (Å²) in [7, 11) is 0. The van der Waals surface area contributed by atoms with Crippen LogP contribution in [0.5, 0.6) is 5.75 Å². The Kier molecular flexibility index (Phi) is 5.06. The van der Waals surface area contributed by atoms with Crippen molar-refractivity contribution in [3.05, 3.63) is 24.0 Å². The number of morpholine rings is 1. The van der Waals surface area contributed by atoms with Crippen molar-refractivity contribution in [1.29, 1.82) is 0 Å². The second-order valence-electron chi connectivity index (χ2n) is 9.60. The summed E-state index contributed by atoms with van der Waals surface area (Å²) >= 11 is 0. The minimum Gasteiger partial charge on any atom is -0.431 e. The molecule has 3 saturated carbocycles. The molecule has 0 unspecified atom stereocenters. The van der Waals surface area contributed by atoms with Gasteiger partial charge in [-0.3, -0.25) is 9.58 Å². The van der Waals surface area contributed by atoms with E-state index in [2.05, 4.69) is 25.4 Å². The molecule has 0 amide bonds. The zero-order valence-electron chi connectivity index (χ0n) is 18.0. The van der Waals surface area contributed by atoms with Crippen LogP contribution in [-0.2, 0) is 4.74 Å². The van der Waals surface area contributed by atoms with Gasteiger partial charge in [0.15, 0.2) is 11.6 Å². The zero-order valence-corrected chi connectivity index (χ0v) is 18.0. The number of hydrogen-bond acceptors (Lipinski definition) is 6. The third-order valence-electron chi connectivity index (χ3n) is 7.90. The van der Waals surface area contributed by atoms with E-state index in [1.54, 1.807) is 6.20 Å². The highest BCUT2D eigenvalue weighted by Gasteiger charge is 2.58. The Labute approximate surface area is 185 Å². The Morgan fingerprint density at radius 1 is 1.09 bits per heavy atom. The van der Waals surface area contributed by atoms with Crippen LogP contribution in [-0.4, -0.2) is 58.6 Å². The number of alkyl halides is 2. The van der Waals surface area contributed by atoms with Gasteiger partial charge >= 0.3 is 6.61 Å². The maximum absolute atomic E-state index is 12.7. The molecule has 0 radical (unpaired) electrons. The fourth-order valence-electron chi connectivity index (χ4n) is 6.00. The van der Waals surface area contributed by atoms with E-state index in [0.717, 1.165) is 44.8 Å². The molecule has 1 saturated heterocycles. The molecule has 9 heteroatoms. The summed E-state index contributed by atoms with van der Waals surface area (Å²) in [6.45, 7) is 0.848. The Morgan fingerprint density at radius 2 is 1.84 bits per heavy atom. The van der Waals surface area contributed by atoms with Crippen LogP contribution in [0.3, 0.4) is 0 Å². The van der Waals surface area contributed by atoms with E-state index in [1.807, 2.05) is 0 Å². The Balaban J connectivity index is 1.24. The van der Waals surface area contributed by atoms with Crippen molar-refractivity contribution < 1.29 is 18.3 Å². The summed E-state index contributed by atoms with van der Waals surface area (Å²) in [4.78, 5) is 6.66. The normalized spacial score (nSPS) is 30.3. The van der Waals surface area contributed by atoms with Crippen molar-refractivity contribution in [3.63, 3.8) is 0 Å². The molecule has 0 aromatic carbocycles. The molecule has 0 bridgehead atoms. The molecule has 4 fully saturated rings. The molecule has 2 aromatic heterocycles. The van der Waals surface area contributed by atoms with Crippen LogP contribution in [0.15, 0.2) is 18.3 Å². The molecule has 3 heterocycles. The van der Waals surface area contributed by atoms with E-state index in [9.17, 15) is 8.78 Å². The van der Waals surface area contributed by atoms with Crippen LogP contribution in [0.25, 0.3) is 11.3 Å². The fourth-order valence-corrected chi connectivity index (χ4v) is 6.00. The van der Waals surface area contributed by atoms with Gasteiger partial charge in [0.1, 0.15) is 0 Å². The van der Waals surface area contributed by atoms with Crippen LogP contribution in [0, 0.1) is 11.8 Å². The molecular formula is C23H29F2N5O2. The highest BCUT2D eigenvalue weighted by atomic mass is 19.3. The number of aromatic nitrogens is 3. The highest BCUT2D eigenvalue weighted by Crippen LogP contribution is 2.64. The number of nitrogens with two attached hydrogens (primary N) is 1. The zero-order chi connectivity index (χ0) is 21.8. The van der Waals surface area contributed by atoms with Crippen LogP contribution < -0.4 is 10.5 Å². The van der Waals surface area contributed by atoms with E-state index in [4.69, 9.17) is 15.6 Å². The van der Waals surface area contributed by atoms with E-state index in [1.165, 1.54) is 31.0 Å². The molecule has 172 valence electrons. The molecule has 4 atom stereocenters. The second kappa shape index (κ2) is 7.95. The summed E-state index contributed by atoms with van der Waals surface area (Å²) in [5.74, 6) is 1.84. The van der Waals surface area contributed by atoms with E-state index < -0.39 is 6.61 Å². The van der Waals surface area contributed by atoms with Crippen molar-refractivity contribution in [3.8, 4) is 17.0 Å². The van der Waals surface area contributed by atoms with Gasteiger partial charge in [-0.15, -0.1) is 0 Å². The van der Waals surface area contributed by atoms with Gasteiger partial charge in [-0.25, -0.2) is 4.98 Å². The van der Waals surface area contributed by atoms with Gasteiger partial charge in [-0.2, -0.15) is 13.9 Å². The summed E-state index contributed by atoms with van der Waals surface area (Å²) in [5, 5.41) is 4.92. The van der Waals surface area contributed by atoms with Crippen molar-refractivity contribution in [2.24, 2.45) is 11.8 Å². The van der Waals surface area contributed by atoms with Crippen LogP contribution in [0.1, 0.15) is 49.8 Å². The Bertz CT molecular complexity index is 977. The van der Waals surface area contributed by atoms with E-state index in [-0.39, 0.29) is 11.6 Å². The first-order chi connectivity index (χ1) is 15.6. The number of rotatable bonds is 6. The van der Waals surface area contributed by atoms with Crippen LogP contribution >= 0.6 is 0 Å². The Hall–Kier alpha value is -2.26. The minimum absolute atomic E-state index is 0.0430. The molecule has 1 aliphatic heterocycles. The van der Waals surface area contributed by atoms with Gasteiger partial charge in [0.25, 0.3) is 0 Å². The smallest absolute Gasteiger partial charge is 0.387 e. The minimum atomic E-state index is -2.94. The van der Waals surface area contributed by atoms with E-state index in [0.29, 0.717) is 35.4 Å². The third kappa shape index (κ3) is 3.55. The average Bonchev–Trinajstić information content (AvgIpc) is 3.09. The predicted octanol–water partition coefficient (Wildman–Crippen LogP) is 3.68. The van der Waals surface area contributed by atoms with Crippen molar-refractivity contribution in [2.75, 3.05) is 32.0 Å². The molecule has 7 nitrogen and oxygen atoms in total. The maximum Gasteiger partial charge on any atom is 0.387 e. The Morgan fingerprint density at radius 3 is 2.50 bits per heavy atom. The predicted molar refractivity (Wildman–Crippen MR) is 115 cm³/mol. The number of nitrogens with zero attached hydrogens (tertiary/aromatic N) is 4. The van der Waals surface area contributed by atoms with Gasteiger partial charge in [-0.1, -0.05) is 0 Å². The molecule has 2 aromatic rings. The number of hydrogen-bond donors (Lipinski definition) is 1. The lowest BCUT2D eigenvalue weighted by Crippen LogP contribution is -2.43. The number of fused-ring (bicyclic) bond motifs is 1. The largest absolute Gasteiger partial charge is 0.431 e. The topological polar surface area (TPSA) is 78.4 Å². The average molecular weight is 446 g/mol. The fraction of sp³-hybridized carbons (Fsp3) is 0.652. The third-order valence-corrected chi connectivity index (χ3v) is 7.90. The SMILES string of the molecule is Nc1ncc(-c2cc([C@H]3[C@@H]4C[C@@H](N5CCOCC5)C[C@@H]43)n(C3CCC3)n2)cc1OC(F)F. The first kappa shape index (κ1) is 20.4. The maximum atomic E-state index is 12.7. The van der Waals surface area contributed by atoms with E-state index >= 15 is 0 Å². The lowest BCUT2D eigenvalue weighted by atomic mass is 9.92. The van der Waals surface area contributed by atoms with Gasteiger partial charge < -0.3 is 15.2 Å². The van der Waals surface area contributed by atoms with Gasteiger partial charge in [0, 0.05) is 42.5 Å². The monoisotopic (exact) mass is 445 g/mol. The first-order valence-electron chi connectivity index (χ1n) is 11.7. The first-order valence-corrected chi connectivity index (χ1v) is 11.7. The molecule has 3 aliphatic carbocycles. The molecule has 32 heavy (non-hydrogen) atoms. The van der Waals surface area contributed by atoms with Gasteiger partial charge in [0.05, 0.1) is 24.9 Å². The van der Waals surface area contributed by atoms with Crippen molar-refractivity contribution in [2.45, 2.75) is 56.7 Å². The summed E-state index contributed by atoms with van der Waals surface area (Å²) in [6.07, 6.45) is 7.60. The van der Waals surface area contributed by atoms with Crippen LogP contribution in [0.2, 0.25) is 0 Å². The molecule has 6 rings (SSSR count). The summed E-state index contributed by atoms with van der Waals surface area (Å²) < 4.78 is 37.8. The summed E-state index contributed by atoms with van der Waals surface area (Å²) in [5.41, 5.74) is 8.43. The molecule has 2 N–H and O–H groups in total. The number of nitrogen functional groups attached to an aromatic ring is 1. The molecule has 4 aliphatic rings. The van der Waals surface area contributed by atoms with Crippen molar-refractivity contribution >= 4 is 5.82 Å². The number of anilines is 1. The second-order valence-corrected chi connectivity index (χ2v) is 9.60. The lowest BCUT2D eigenvalue weighted by Gasteiger charge is -2.33.